The number of benzene rings is 3. The summed E-state index contributed by atoms with van der Waals surface area (Å²) in [5.74, 6) is 1.22. The third kappa shape index (κ3) is 6.46. The van der Waals surface area contributed by atoms with Crippen LogP contribution in [0.3, 0.4) is 0 Å². The van der Waals surface area contributed by atoms with Crippen molar-refractivity contribution in [1.82, 2.24) is 4.90 Å². The second kappa shape index (κ2) is 12.9. The lowest BCUT2D eigenvalue weighted by atomic mass is 9.85. The predicted molar refractivity (Wildman–Crippen MR) is 166 cm³/mol. The van der Waals surface area contributed by atoms with E-state index in [0.29, 0.717) is 42.6 Å². The summed E-state index contributed by atoms with van der Waals surface area (Å²) in [5.41, 5.74) is 2.32. The van der Waals surface area contributed by atoms with Gasteiger partial charge in [-0.1, -0.05) is 78.8 Å². The second-order valence-electron chi connectivity index (χ2n) is 9.90. The molecule has 1 heterocycles. The van der Waals surface area contributed by atoms with Gasteiger partial charge in [-0.15, -0.1) is 0 Å². The fourth-order valence-electron chi connectivity index (χ4n) is 5.05. The van der Waals surface area contributed by atoms with E-state index in [1.54, 1.807) is 31.4 Å². The van der Waals surface area contributed by atoms with Crippen LogP contribution in [-0.2, 0) is 11.4 Å². The van der Waals surface area contributed by atoms with Crippen molar-refractivity contribution >= 4 is 69.4 Å². The van der Waals surface area contributed by atoms with E-state index in [9.17, 15) is 4.79 Å². The molecule has 0 bridgehead atoms. The van der Waals surface area contributed by atoms with Gasteiger partial charge in [0.1, 0.15) is 6.61 Å². The van der Waals surface area contributed by atoms with Crippen molar-refractivity contribution in [2.45, 2.75) is 45.3 Å². The maximum atomic E-state index is 13.8. The summed E-state index contributed by atoms with van der Waals surface area (Å²) in [6, 6.07) is 18.7. The number of para-hydroxylation sites is 1. The van der Waals surface area contributed by atoms with Crippen LogP contribution in [0, 0.1) is 5.92 Å². The Kier molecular flexibility index (Phi) is 9.31. The molecular weight excluding hydrogens is 587 g/mol. The third-order valence-electron chi connectivity index (χ3n) is 7.15. The van der Waals surface area contributed by atoms with Crippen molar-refractivity contribution in [3.8, 4) is 11.5 Å². The third-order valence-corrected chi connectivity index (χ3v) is 9.00. The zero-order valence-corrected chi connectivity index (χ0v) is 25.3. The number of thioether (sulfide) groups is 1. The Labute approximate surface area is 254 Å². The highest BCUT2D eigenvalue weighted by Gasteiger charge is 2.41. The number of rotatable bonds is 7. The molecular formula is C31H29Cl3N2O3S. The molecule has 3 aromatic rings. The molecule has 2 atom stereocenters. The molecule has 5 rings (SSSR count). The quantitative estimate of drug-likeness (QED) is 0.249. The predicted octanol–water partition coefficient (Wildman–Crippen LogP) is 9.42. The van der Waals surface area contributed by atoms with Crippen molar-refractivity contribution in [3.05, 3.63) is 91.8 Å². The summed E-state index contributed by atoms with van der Waals surface area (Å²) in [7, 11) is 1.55. The van der Waals surface area contributed by atoms with Gasteiger partial charge in [0, 0.05) is 21.7 Å². The van der Waals surface area contributed by atoms with Gasteiger partial charge >= 0.3 is 0 Å². The van der Waals surface area contributed by atoms with E-state index in [1.165, 1.54) is 18.2 Å². The summed E-state index contributed by atoms with van der Waals surface area (Å²) in [6.07, 6.45) is 6.22. The molecule has 9 heteroatoms. The number of amides is 1. The van der Waals surface area contributed by atoms with Crippen LogP contribution in [0.4, 0.5) is 5.69 Å². The molecule has 5 nitrogen and oxygen atoms in total. The maximum Gasteiger partial charge on any atom is 0.267 e. The molecule has 0 aromatic heterocycles. The van der Waals surface area contributed by atoms with Crippen LogP contribution in [-0.4, -0.2) is 29.1 Å². The van der Waals surface area contributed by atoms with Crippen molar-refractivity contribution in [3.63, 3.8) is 0 Å². The Morgan fingerprint density at radius 1 is 1.02 bits per heavy atom. The fraction of sp³-hybridized carbons (Fsp3) is 0.290. The number of halogens is 3. The summed E-state index contributed by atoms with van der Waals surface area (Å²) in [4.78, 5) is 21.2. The van der Waals surface area contributed by atoms with Crippen LogP contribution >= 0.6 is 46.6 Å². The molecule has 3 aromatic carbocycles. The lowest BCUT2D eigenvalue weighted by Crippen LogP contribution is -2.44. The van der Waals surface area contributed by atoms with E-state index in [4.69, 9.17) is 49.3 Å². The minimum absolute atomic E-state index is 0.0359. The van der Waals surface area contributed by atoms with Crippen molar-refractivity contribution in [2.75, 3.05) is 7.11 Å². The number of aliphatic imine (C=N–C) groups is 1. The van der Waals surface area contributed by atoms with Gasteiger partial charge in [-0.25, -0.2) is 4.99 Å². The lowest BCUT2D eigenvalue weighted by molar-refractivity contribution is -0.124. The van der Waals surface area contributed by atoms with E-state index in [1.807, 2.05) is 47.4 Å². The number of amidine groups is 1. The topological polar surface area (TPSA) is 51.1 Å². The molecule has 0 spiro atoms. The van der Waals surface area contributed by atoms with Gasteiger partial charge in [0.15, 0.2) is 16.7 Å². The number of carbonyl (C=O) groups is 1. The Balaban J connectivity index is 1.44. The molecule has 0 N–H and O–H groups in total. The molecule has 2 aliphatic rings. The summed E-state index contributed by atoms with van der Waals surface area (Å²) in [5, 5.41) is 2.13. The molecule has 0 radical (unpaired) electrons. The summed E-state index contributed by atoms with van der Waals surface area (Å²) >= 11 is 20.4. The molecule has 1 aliphatic heterocycles. The smallest absolute Gasteiger partial charge is 0.267 e. The Morgan fingerprint density at radius 3 is 2.52 bits per heavy atom. The van der Waals surface area contributed by atoms with Crippen LogP contribution < -0.4 is 9.47 Å². The molecule has 40 heavy (non-hydrogen) atoms. The van der Waals surface area contributed by atoms with E-state index >= 15 is 0 Å². The molecule has 1 saturated carbocycles. The van der Waals surface area contributed by atoms with Gasteiger partial charge in [-0.05, 0) is 78.6 Å². The van der Waals surface area contributed by atoms with Crippen LogP contribution in [0.5, 0.6) is 11.5 Å². The first-order valence-electron chi connectivity index (χ1n) is 13.1. The number of carbonyl (C=O) groups excluding carboxylic acids is 1. The van der Waals surface area contributed by atoms with E-state index in [-0.39, 0.29) is 18.6 Å². The largest absolute Gasteiger partial charge is 0.493 e. The normalized spacial score (nSPS) is 21.3. The number of ether oxygens (including phenoxy) is 2. The number of hydrogen-bond acceptors (Lipinski definition) is 5. The van der Waals surface area contributed by atoms with E-state index < -0.39 is 0 Å². The monoisotopic (exact) mass is 614 g/mol. The highest BCUT2D eigenvalue weighted by molar-refractivity contribution is 8.18. The zero-order chi connectivity index (χ0) is 28.2. The highest BCUT2D eigenvalue weighted by Crippen LogP contribution is 2.42. The first-order valence-corrected chi connectivity index (χ1v) is 15.1. The molecule has 2 fully saturated rings. The van der Waals surface area contributed by atoms with Gasteiger partial charge in [0.2, 0.25) is 0 Å². The van der Waals surface area contributed by atoms with Gasteiger partial charge < -0.3 is 9.47 Å². The minimum Gasteiger partial charge on any atom is -0.493 e. The highest BCUT2D eigenvalue weighted by atomic mass is 35.5. The van der Waals surface area contributed by atoms with Gasteiger partial charge in [-0.2, -0.15) is 0 Å². The fourth-order valence-corrected chi connectivity index (χ4v) is 6.84. The number of hydrogen-bond donors (Lipinski definition) is 0. The SMILES string of the molecule is COc1cc(/C=C2\SC(=Nc3ccccc3)N([C@H]3CCCC[C@@H]3C)C2=O)cc(Cl)c1OCc1ccc(Cl)cc1Cl. The van der Waals surface area contributed by atoms with Gasteiger partial charge in [0.25, 0.3) is 5.91 Å². The molecule has 1 aliphatic carbocycles. The first-order chi connectivity index (χ1) is 19.3. The minimum atomic E-state index is -0.0359. The van der Waals surface area contributed by atoms with Crippen LogP contribution in [0.1, 0.15) is 43.7 Å². The molecule has 208 valence electrons. The van der Waals surface area contributed by atoms with Crippen LogP contribution in [0.15, 0.2) is 70.6 Å². The number of methoxy groups -OCH3 is 1. The van der Waals surface area contributed by atoms with Crippen molar-refractivity contribution in [2.24, 2.45) is 10.9 Å². The summed E-state index contributed by atoms with van der Waals surface area (Å²) < 4.78 is 11.6. The summed E-state index contributed by atoms with van der Waals surface area (Å²) in [6.45, 7) is 2.42. The zero-order valence-electron chi connectivity index (χ0n) is 22.2. The Hall–Kier alpha value is -2.64. The van der Waals surface area contributed by atoms with Crippen molar-refractivity contribution in [1.29, 1.82) is 0 Å². The molecule has 0 unspecified atom stereocenters. The van der Waals surface area contributed by atoms with E-state index in [2.05, 4.69) is 6.92 Å². The second-order valence-corrected chi connectivity index (χ2v) is 12.2. The van der Waals surface area contributed by atoms with Crippen LogP contribution in [0.25, 0.3) is 6.08 Å². The standard InChI is InChI=1S/C31H29Cl3N2O3S/c1-19-8-6-7-11-26(19)36-30(37)28(40-31(36)35-23-9-4-3-5-10-23)16-20-14-25(34)29(27(15-20)38-2)39-18-21-12-13-22(32)17-24(21)33/h3-5,9-10,12-17,19,26H,6-8,11,18H2,1-2H3/b28-16-,35-31?/t19-,26-/m0/s1. The Bertz CT molecular complexity index is 1460. The van der Waals surface area contributed by atoms with Crippen LogP contribution in [0.2, 0.25) is 15.1 Å². The van der Waals surface area contributed by atoms with Crippen molar-refractivity contribution < 1.29 is 14.3 Å². The number of nitrogens with zero attached hydrogens (tertiary/aromatic N) is 2. The van der Waals surface area contributed by atoms with Gasteiger partial charge in [-0.3, -0.25) is 9.69 Å². The average molecular weight is 616 g/mol. The first kappa shape index (κ1) is 28.9. The maximum absolute atomic E-state index is 13.8. The lowest BCUT2D eigenvalue weighted by Gasteiger charge is -2.35. The Morgan fingerprint density at radius 2 is 1.80 bits per heavy atom. The average Bonchev–Trinajstić information content (AvgIpc) is 3.23. The molecule has 1 amide bonds. The molecule has 1 saturated heterocycles. The van der Waals surface area contributed by atoms with Gasteiger partial charge in [0.05, 0.1) is 22.7 Å². The van der Waals surface area contributed by atoms with E-state index in [0.717, 1.165) is 36.1 Å².